The molecule has 2 atom stereocenters. The molecule has 1 aliphatic rings. The van der Waals surface area contributed by atoms with E-state index in [4.69, 9.17) is 9.47 Å². The van der Waals surface area contributed by atoms with Crippen LogP contribution in [0.5, 0.6) is 0 Å². The molecule has 2 N–H and O–H groups in total. The van der Waals surface area contributed by atoms with Gasteiger partial charge in [0.15, 0.2) is 0 Å². The van der Waals surface area contributed by atoms with Crippen LogP contribution in [-0.2, 0) is 19.1 Å². The van der Waals surface area contributed by atoms with Gasteiger partial charge in [-0.2, -0.15) is 0 Å². The Balaban J connectivity index is 2.45. The number of aliphatic hydroxyl groups is 1. The Hall–Kier alpha value is -1.83. The molecular formula is C16H28N2O6. The van der Waals surface area contributed by atoms with Crippen molar-refractivity contribution in [1.29, 1.82) is 0 Å². The van der Waals surface area contributed by atoms with Crippen molar-refractivity contribution in [2.75, 3.05) is 26.3 Å². The molecule has 24 heavy (non-hydrogen) atoms. The molecule has 2 amide bonds. The van der Waals surface area contributed by atoms with Crippen LogP contribution in [-0.4, -0.2) is 66.4 Å². The summed E-state index contributed by atoms with van der Waals surface area (Å²) in [7, 11) is 0. The van der Waals surface area contributed by atoms with Gasteiger partial charge in [0, 0.05) is 6.42 Å². The van der Waals surface area contributed by atoms with Crippen LogP contribution < -0.4 is 5.32 Å². The monoisotopic (exact) mass is 344 g/mol. The van der Waals surface area contributed by atoms with Crippen LogP contribution in [0, 0.1) is 0 Å². The zero-order valence-electron chi connectivity index (χ0n) is 14.5. The second-order valence-electron chi connectivity index (χ2n) is 5.82. The number of likely N-dealkylation sites (tertiary alicyclic amines) is 1. The predicted octanol–water partition coefficient (Wildman–Crippen LogP) is 0.818. The SMILES string of the molecule is CCCCOC(=O)CNC(=O)C1CC(O)CN1C(=O)OCCCC. The zero-order chi connectivity index (χ0) is 17.9. The first kappa shape index (κ1) is 20.2. The number of esters is 1. The van der Waals surface area contributed by atoms with Gasteiger partial charge >= 0.3 is 12.1 Å². The van der Waals surface area contributed by atoms with E-state index in [1.165, 1.54) is 4.90 Å². The van der Waals surface area contributed by atoms with Crippen LogP contribution >= 0.6 is 0 Å². The van der Waals surface area contributed by atoms with Crippen molar-refractivity contribution < 1.29 is 29.0 Å². The lowest BCUT2D eigenvalue weighted by molar-refractivity contribution is -0.144. The summed E-state index contributed by atoms with van der Waals surface area (Å²) >= 11 is 0. The largest absolute Gasteiger partial charge is 0.464 e. The van der Waals surface area contributed by atoms with Gasteiger partial charge in [0.25, 0.3) is 0 Å². The standard InChI is InChI=1S/C16H28N2O6/c1-3-5-7-23-14(20)10-17-15(21)13-9-12(19)11-18(13)16(22)24-8-6-4-2/h12-13,19H,3-11H2,1-2H3,(H,17,21). The summed E-state index contributed by atoms with van der Waals surface area (Å²) in [5, 5.41) is 12.2. The van der Waals surface area contributed by atoms with E-state index in [9.17, 15) is 19.5 Å². The zero-order valence-corrected chi connectivity index (χ0v) is 14.5. The summed E-state index contributed by atoms with van der Waals surface area (Å²) in [6.45, 7) is 4.35. The third-order valence-electron chi connectivity index (χ3n) is 3.71. The van der Waals surface area contributed by atoms with E-state index >= 15 is 0 Å². The van der Waals surface area contributed by atoms with E-state index in [0.717, 1.165) is 25.7 Å². The number of amides is 2. The first-order valence-corrected chi connectivity index (χ1v) is 8.54. The van der Waals surface area contributed by atoms with Crippen LogP contribution in [0.3, 0.4) is 0 Å². The number of hydrogen-bond acceptors (Lipinski definition) is 6. The Morgan fingerprint density at radius 3 is 2.38 bits per heavy atom. The number of nitrogens with one attached hydrogen (secondary N) is 1. The Bertz CT molecular complexity index is 429. The highest BCUT2D eigenvalue weighted by atomic mass is 16.6. The number of aliphatic hydroxyl groups excluding tert-OH is 1. The molecule has 1 fully saturated rings. The Morgan fingerprint density at radius 2 is 1.75 bits per heavy atom. The number of ether oxygens (including phenoxy) is 2. The van der Waals surface area contributed by atoms with Crippen molar-refractivity contribution in [3.8, 4) is 0 Å². The van der Waals surface area contributed by atoms with Crippen molar-refractivity contribution in [2.24, 2.45) is 0 Å². The smallest absolute Gasteiger partial charge is 0.410 e. The van der Waals surface area contributed by atoms with Gasteiger partial charge in [-0.1, -0.05) is 26.7 Å². The van der Waals surface area contributed by atoms with E-state index < -0.39 is 30.1 Å². The van der Waals surface area contributed by atoms with Crippen molar-refractivity contribution in [3.63, 3.8) is 0 Å². The Labute approximate surface area is 142 Å². The second kappa shape index (κ2) is 10.9. The van der Waals surface area contributed by atoms with Gasteiger partial charge in [-0.3, -0.25) is 14.5 Å². The summed E-state index contributed by atoms with van der Waals surface area (Å²) in [5.74, 6) is -1.01. The number of β-amino-alcohol motifs (C(OH)–C–C–N with tert-alkyl or cyclic N) is 1. The van der Waals surface area contributed by atoms with E-state index in [0.29, 0.717) is 6.61 Å². The molecule has 0 aromatic heterocycles. The lowest BCUT2D eigenvalue weighted by atomic mass is 10.2. The van der Waals surface area contributed by atoms with Crippen LogP contribution in [0.1, 0.15) is 46.0 Å². The number of carbonyl (C=O) groups excluding carboxylic acids is 3. The van der Waals surface area contributed by atoms with Crippen LogP contribution in [0.25, 0.3) is 0 Å². The number of rotatable bonds is 9. The molecule has 2 unspecified atom stereocenters. The predicted molar refractivity (Wildman–Crippen MR) is 86.3 cm³/mol. The highest BCUT2D eigenvalue weighted by Crippen LogP contribution is 2.19. The van der Waals surface area contributed by atoms with Crippen LogP contribution in [0.15, 0.2) is 0 Å². The van der Waals surface area contributed by atoms with Gasteiger partial charge in [-0.15, -0.1) is 0 Å². The maximum atomic E-state index is 12.2. The van der Waals surface area contributed by atoms with Crippen molar-refractivity contribution >= 4 is 18.0 Å². The highest BCUT2D eigenvalue weighted by Gasteiger charge is 2.39. The Morgan fingerprint density at radius 1 is 1.12 bits per heavy atom. The first-order chi connectivity index (χ1) is 11.5. The van der Waals surface area contributed by atoms with Crippen LogP contribution in [0.2, 0.25) is 0 Å². The molecule has 0 aliphatic carbocycles. The van der Waals surface area contributed by atoms with Gasteiger partial charge in [-0.25, -0.2) is 4.79 Å². The van der Waals surface area contributed by atoms with E-state index in [-0.39, 0.29) is 26.1 Å². The molecule has 0 aromatic carbocycles. The molecular weight excluding hydrogens is 316 g/mol. The quantitative estimate of drug-likeness (QED) is 0.474. The van der Waals surface area contributed by atoms with Crippen LogP contribution in [0.4, 0.5) is 4.79 Å². The molecule has 1 saturated heterocycles. The molecule has 0 bridgehead atoms. The van der Waals surface area contributed by atoms with Crippen molar-refractivity contribution in [1.82, 2.24) is 10.2 Å². The topological polar surface area (TPSA) is 105 Å². The minimum Gasteiger partial charge on any atom is -0.464 e. The molecule has 0 saturated carbocycles. The fraction of sp³-hybridized carbons (Fsp3) is 0.812. The number of unbranched alkanes of at least 4 members (excludes halogenated alkanes) is 2. The van der Waals surface area contributed by atoms with Gasteiger partial charge in [0.2, 0.25) is 5.91 Å². The van der Waals surface area contributed by atoms with Gasteiger partial charge in [0.05, 0.1) is 25.9 Å². The molecule has 1 aliphatic heterocycles. The van der Waals surface area contributed by atoms with E-state index in [1.54, 1.807) is 0 Å². The summed E-state index contributed by atoms with van der Waals surface area (Å²) in [4.78, 5) is 36.9. The lowest BCUT2D eigenvalue weighted by Crippen LogP contribution is -2.47. The molecule has 1 heterocycles. The summed E-state index contributed by atoms with van der Waals surface area (Å²) < 4.78 is 10.0. The normalized spacial score (nSPS) is 19.9. The van der Waals surface area contributed by atoms with E-state index in [1.807, 2.05) is 13.8 Å². The molecule has 0 spiro atoms. The molecule has 0 radical (unpaired) electrons. The molecule has 0 aromatic rings. The minimum absolute atomic E-state index is 0.0456. The molecule has 8 heteroatoms. The Kier molecular flexibility index (Phi) is 9.14. The fourth-order valence-corrected chi connectivity index (χ4v) is 2.31. The molecule has 8 nitrogen and oxygen atoms in total. The fourth-order valence-electron chi connectivity index (χ4n) is 2.31. The number of nitrogens with zero attached hydrogens (tertiary/aromatic N) is 1. The average molecular weight is 344 g/mol. The molecule has 138 valence electrons. The van der Waals surface area contributed by atoms with Gasteiger partial charge < -0.3 is 19.9 Å². The maximum absolute atomic E-state index is 12.2. The third kappa shape index (κ3) is 6.74. The van der Waals surface area contributed by atoms with Gasteiger partial charge in [0.1, 0.15) is 12.6 Å². The maximum Gasteiger partial charge on any atom is 0.410 e. The number of hydrogen-bond donors (Lipinski definition) is 2. The second-order valence-corrected chi connectivity index (χ2v) is 5.82. The van der Waals surface area contributed by atoms with Gasteiger partial charge in [-0.05, 0) is 12.8 Å². The van der Waals surface area contributed by atoms with Crippen molar-refractivity contribution in [2.45, 2.75) is 58.1 Å². The molecule has 1 rings (SSSR count). The lowest BCUT2D eigenvalue weighted by Gasteiger charge is -2.22. The minimum atomic E-state index is -0.836. The first-order valence-electron chi connectivity index (χ1n) is 8.54. The summed E-state index contributed by atoms with van der Waals surface area (Å²) in [6, 6.07) is -0.836. The van der Waals surface area contributed by atoms with E-state index in [2.05, 4.69) is 5.32 Å². The van der Waals surface area contributed by atoms with Crippen molar-refractivity contribution in [3.05, 3.63) is 0 Å². The summed E-state index contributed by atoms with van der Waals surface area (Å²) in [5.41, 5.74) is 0. The number of carbonyl (C=O) groups is 3. The summed E-state index contributed by atoms with van der Waals surface area (Å²) in [6.07, 6.45) is 2.03. The average Bonchev–Trinajstić information content (AvgIpc) is 2.95. The third-order valence-corrected chi connectivity index (χ3v) is 3.71. The highest BCUT2D eigenvalue weighted by molar-refractivity contribution is 5.88.